The molecule has 1 aliphatic rings. The summed E-state index contributed by atoms with van der Waals surface area (Å²) in [5, 5.41) is 15.1. The van der Waals surface area contributed by atoms with Crippen LogP contribution in [0, 0.1) is 0 Å². The van der Waals surface area contributed by atoms with Crippen LogP contribution in [0.5, 0.6) is 0 Å². The Balaban J connectivity index is 0.00000208. The minimum Gasteiger partial charge on any atom is -0.362 e. The van der Waals surface area contributed by atoms with Gasteiger partial charge in [-0.25, -0.2) is 8.42 Å². The Morgan fingerprint density at radius 3 is 2.71 bits per heavy atom. The van der Waals surface area contributed by atoms with Crippen LogP contribution in [-0.4, -0.2) is 55.4 Å². The topological polar surface area (TPSA) is 94.6 Å². The van der Waals surface area contributed by atoms with Crippen LogP contribution in [-0.2, 0) is 10.0 Å². The summed E-state index contributed by atoms with van der Waals surface area (Å²) in [6, 6.07) is 6.65. The van der Waals surface area contributed by atoms with Gasteiger partial charge in [0.05, 0.1) is 4.90 Å². The molecule has 0 radical (unpaired) electrons. The number of sulfonamides is 1. The van der Waals surface area contributed by atoms with Crippen LogP contribution in [0.1, 0.15) is 6.92 Å². The Hall–Kier alpha value is -1.29. The number of nitrogens with one attached hydrogen (secondary N) is 2. The molecule has 24 heavy (non-hydrogen) atoms. The molecular weight excluding hydrogens is 352 g/mol. The molecule has 0 saturated carbocycles. The Labute approximate surface area is 147 Å². The van der Waals surface area contributed by atoms with Crippen molar-refractivity contribution in [2.45, 2.75) is 17.7 Å². The Bertz CT molecular complexity index is 802. The fourth-order valence-electron chi connectivity index (χ4n) is 2.80. The van der Waals surface area contributed by atoms with Gasteiger partial charge in [-0.2, -0.15) is 4.72 Å². The van der Waals surface area contributed by atoms with E-state index in [0.29, 0.717) is 31.6 Å². The van der Waals surface area contributed by atoms with Crippen LogP contribution in [0.25, 0.3) is 10.8 Å². The first-order valence-electron chi connectivity index (χ1n) is 7.45. The number of rotatable bonds is 4. The lowest BCUT2D eigenvalue weighted by molar-refractivity contribution is -0.107. The maximum atomic E-state index is 12.8. The van der Waals surface area contributed by atoms with Gasteiger partial charge in [-0.3, -0.25) is 9.88 Å². The van der Waals surface area contributed by atoms with Crippen LogP contribution in [0.15, 0.2) is 41.6 Å². The van der Waals surface area contributed by atoms with Gasteiger partial charge in [-0.15, -0.1) is 12.4 Å². The van der Waals surface area contributed by atoms with Crippen molar-refractivity contribution < 1.29 is 13.5 Å². The molecule has 0 bridgehead atoms. The zero-order chi connectivity index (χ0) is 16.5. The highest BCUT2D eigenvalue weighted by Gasteiger charge is 2.35. The summed E-state index contributed by atoms with van der Waals surface area (Å²) >= 11 is 0. The normalized spacial score (nSPS) is 18.8. The molecule has 1 aromatic carbocycles. The van der Waals surface area contributed by atoms with E-state index in [9.17, 15) is 13.5 Å². The quantitative estimate of drug-likeness (QED) is 0.677. The van der Waals surface area contributed by atoms with E-state index in [-0.39, 0.29) is 17.3 Å². The Morgan fingerprint density at radius 2 is 2.00 bits per heavy atom. The highest BCUT2D eigenvalue weighted by atomic mass is 35.5. The summed E-state index contributed by atoms with van der Waals surface area (Å²) in [4.78, 5) is 5.84. The van der Waals surface area contributed by atoms with Gasteiger partial charge in [0.25, 0.3) is 0 Å². The van der Waals surface area contributed by atoms with Crippen molar-refractivity contribution in [3.8, 4) is 0 Å². The van der Waals surface area contributed by atoms with Gasteiger partial charge in [0, 0.05) is 49.3 Å². The fraction of sp³-hybridized carbons (Fsp3) is 0.400. The van der Waals surface area contributed by atoms with Gasteiger partial charge in [0.15, 0.2) is 5.85 Å². The average Bonchev–Trinajstić information content (AvgIpc) is 2.54. The maximum absolute atomic E-state index is 12.8. The lowest BCUT2D eigenvalue weighted by Crippen LogP contribution is -2.62. The predicted molar refractivity (Wildman–Crippen MR) is 94.4 cm³/mol. The molecular formula is C15H21ClN4O3S. The number of fused-ring (bicyclic) bond motifs is 1. The molecule has 1 unspecified atom stereocenters. The van der Waals surface area contributed by atoms with Gasteiger partial charge in [0.1, 0.15) is 0 Å². The predicted octanol–water partition coefficient (Wildman–Crippen LogP) is 0.506. The molecule has 9 heteroatoms. The third-order valence-corrected chi connectivity index (χ3v) is 5.58. The molecule has 0 spiro atoms. The Morgan fingerprint density at radius 1 is 1.29 bits per heavy atom. The maximum Gasteiger partial charge on any atom is 0.244 e. The van der Waals surface area contributed by atoms with E-state index in [4.69, 9.17) is 0 Å². The zero-order valence-corrected chi connectivity index (χ0v) is 14.9. The first-order valence-corrected chi connectivity index (χ1v) is 8.93. The lowest BCUT2D eigenvalue weighted by atomic mass is 10.2. The minimum absolute atomic E-state index is 0. The summed E-state index contributed by atoms with van der Waals surface area (Å²) in [6.07, 6.45) is 3.17. The molecule has 1 aliphatic heterocycles. The van der Waals surface area contributed by atoms with Crippen molar-refractivity contribution in [3.63, 3.8) is 0 Å². The van der Waals surface area contributed by atoms with E-state index in [0.717, 1.165) is 5.39 Å². The number of aliphatic hydroxyl groups is 1. The summed E-state index contributed by atoms with van der Waals surface area (Å²) in [7, 11) is -3.88. The van der Waals surface area contributed by atoms with E-state index >= 15 is 0 Å². The molecule has 132 valence electrons. The summed E-state index contributed by atoms with van der Waals surface area (Å²) in [5.74, 6) is -1.64. The second-order valence-electron chi connectivity index (χ2n) is 5.72. The third-order valence-electron chi connectivity index (χ3n) is 3.99. The molecule has 2 heterocycles. The number of hydrogen-bond acceptors (Lipinski definition) is 6. The molecule has 2 aromatic rings. The SMILES string of the molecule is CC(O)(NS(=O)(=O)c1cccc2cnccc12)N1CCNCC1.Cl. The van der Waals surface area contributed by atoms with Crippen molar-refractivity contribution >= 4 is 33.2 Å². The van der Waals surface area contributed by atoms with Crippen LogP contribution in [0.3, 0.4) is 0 Å². The molecule has 1 saturated heterocycles. The van der Waals surface area contributed by atoms with Crippen LogP contribution >= 0.6 is 12.4 Å². The largest absolute Gasteiger partial charge is 0.362 e. The zero-order valence-electron chi connectivity index (χ0n) is 13.3. The number of aromatic nitrogens is 1. The standard InChI is InChI=1S/C15H20N4O3S.ClH/c1-15(20,19-9-7-16-8-10-19)18-23(21,22)14-4-2-3-12-11-17-6-5-13(12)14;/h2-6,11,16,18,20H,7-10H2,1H3;1H. The second kappa shape index (κ2) is 7.30. The highest BCUT2D eigenvalue weighted by Crippen LogP contribution is 2.23. The average molecular weight is 373 g/mol. The molecule has 1 fully saturated rings. The van der Waals surface area contributed by atoms with E-state index < -0.39 is 15.9 Å². The number of hydrogen-bond donors (Lipinski definition) is 3. The van der Waals surface area contributed by atoms with Gasteiger partial charge in [0.2, 0.25) is 10.0 Å². The van der Waals surface area contributed by atoms with Crippen molar-refractivity contribution in [1.29, 1.82) is 0 Å². The molecule has 3 N–H and O–H groups in total. The van der Waals surface area contributed by atoms with Gasteiger partial charge in [-0.1, -0.05) is 12.1 Å². The smallest absolute Gasteiger partial charge is 0.244 e. The number of piperazine rings is 1. The Kier molecular flexibility index (Phi) is 5.79. The van der Waals surface area contributed by atoms with Crippen LogP contribution < -0.4 is 10.0 Å². The minimum atomic E-state index is -3.88. The van der Waals surface area contributed by atoms with E-state index in [1.807, 2.05) is 0 Å². The monoisotopic (exact) mass is 372 g/mol. The van der Waals surface area contributed by atoms with Crippen LogP contribution in [0.2, 0.25) is 0 Å². The molecule has 1 aromatic heterocycles. The first-order chi connectivity index (χ1) is 10.9. The number of nitrogens with zero attached hydrogens (tertiary/aromatic N) is 2. The molecule has 7 nitrogen and oxygen atoms in total. The number of benzene rings is 1. The van der Waals surface area contributed by atoms with E-state index in [1.165, 1.54) is 13.0 Å². The van der Waals surface area contributed by atoms with E-state index in [2.05, 4.69) is 15.0 Å². The molecule has 0 aliphatic carbocycles. The fourth-order valence-corrected chi connectivity index (χ4v) is 4.28. The summed E-state index contributed by atoms with van der Waals surface area (Å²) < 4.78 is 28.0. The van der Waals surface area contributed by atoms with Crippen molar-refractivity contribution in [2.75, 3.05) is 26.2 Å². The summed E-state index contributed by atoms with van der Waals surface area (Å²) in [5.41, 5.74) is 0. The molecule has 0 amide bonds. The lowest BCUT2D eigenvalue weighted by Gasteiger charge is -2.39. The number of halogens is 1. The highest BCUT2D eigenvalue weighted by molar-refractivity contribution is 7.89. The molecule has 1 atom stereocenters. The van der Waals surface area contributed by atoms with Crippen molar-refractivity contribution in [3.05, 3.63) is 36.7 Å². The molecule has 3 rings (SSSR count). The second-order valence-corrected chi connectivity index (χ2v) is 7.37. The third kappa shape index (κ3) is 3.85. The van der Waals surface area contributed by atoms with Crippen molar-refractivity contribution in [1.82, 2.24) is 19.9 Å². The first kappa shape index (κ1) is 19.0. The van der Waals surface area contributed by atoms with Gasteiger partial charge < -0.3 is 10.4 Å². The summed E-state index contributed by atoms with van der Waals surface area (Å²) in [6.45, 7) is 4.00. The van der Waals surface area contributed by atoms with Gasteiger partial charge >= 0.3 is 0 Å². The van der Waals surface area contributed by atoms with Crippen molar-refractivity contribution in [2.24, 2.45) is 0 Å². The number of pyridine rings is 1. The van der Waals surface area contributed by atoms with Gasteiger partial charge in [-0.05, 0) is 19.1 Å². The van der Waals surface area contributed by atoms with E-state index in [1.54, 1.807) is 35.5 Å². The van der Waals surface area contributed by atoms with Crippen LogP contribution in [0.4, 0.5) is 0 Å².